The Morgan fingerprint density at radius 2 is 1.78 bits per heavy atom. The second kappa shape index (κ2) is 4.58. The van der Waals surface area contributed by atoms with Gasteiger partial charge in [-0.05, 0) is 48.5 Å². The van der Waals surface area contributed by atoms with Crippen LogP contribution in [0.1, 0.15) is 0 Å². The highest BCUT2D eigenvalue weighted by Gasteiger charge is 2.12. The first-order valence-electron chi connectivity index (χ1n) is 7.26. The molecular formula is C18H11N3O2. The molecule has 5 heteroatoms. The van der Waals surface area contributed by atoms with E-state index in [1.54, 1.807) is 6.26 Å². The Kier molecular flexibility index (Phi) is 2.43. The monoisotopic (exact) mass is 301 g/mol. The molecule has 5 rings (SSSR count). The zero-order valence-electron chi connectivity index (χ0n) is 12.0. The largest absolute Gasteiger partial charge is 0.464 e. The summed E-state index contributed by atoms with van der Waals surface area (Å²) >= 11 is 0. The molecule has 0 radical (unpaired) electrons. The molecule has 5 aromatic rings. The second-order valence-electron chi connectivity index (χ2n) is 5.38. The predicted molar refractivity (Wildman–Crippen MR) is 86.8 cm³/mol. The average molecular weight is 301 g/mol. The van der Waals surface area contributed by atoms with E-state index in [1.165, 1.54) is 0 Å². The van der Waals surface area contributed by atoms with Gasteiger partial charge in [0, 0.05) is 33.6 Å². The Hall–Kier alpha value is -3.34. The van der Waals surface area contributed by atoms with E-state index in [9.17, 15) is 0 Å². The molecule has 2 aromatic carbocycles. The molecule has 0 unspecified atom stereocenters. The summed E-state index contributed by atoms with van der Waals surface area (Å²) in [6.07, 6.45) is 3.58. The smallest absolute Gasteiger partial charge is 0.258 e. The summed E-state index contributed by atoms with van der Waals surface area (Å²) in [5.41, 5.74) is 3.73. The number of nitrogens with zero attached hydrogens (tertiary/aromatic N) is 2. The summed E-state index contributed by atoms with van der Waals surface area (Å²) in [5, 5.41) is 6.23. The number of H-pyrrole nitrogens is 1. The molecule has 0 aliphatic rings. The minimum atomic E-state index is 0.510. The van der Waals surface area contributed by atoms with Crippen LogP contribution in [0.5, 0.6) is 0 Å². The molecule has 110 valence electrons. The lowest BCUT2D eigenvalue weighted by molar-refractivity contribution is 0.432. The molecule has 5 nitrogen and oxygen atoms in total. The number of rotatable bonds is 2. The van der Waals surface area contributed by atoms with Gasteiger partial charge in [-0.1, -0.05) is 5.16 Å². The molecule has 0 atom stereocenters. The highest BCUT2D eigenvalue weighted by Crippen LogP contribution is 2.27. The van der Waals surface area contributed by atoms with E-state index in [-0.39, 0.29) is 0 Å². The van der Waals surface area contributed by atoms with Crippen molar-refractivity contribution in [2.45, 2.75) is 0 Å². The predicted octanol–water partition coefficient (Wildman–Crippen LogP) is 4.63. The van der Waals surface area contributed by atoms with E-state index in [0.717, 1.165) is 33.0 Å². The van der Waals surface area contributed by atoms with Gasteiger partial charge in [0.1, 0.15) is 5.58 Å². The van der Waals surface area contributed by atoms with Gasteiger partial charge in [0.05, 0.1) is 6.26 Å². The van der Waals surface area contributed by atoms with Crippen LogP contribution < -0.4 is 0 Å². The number of fused-ring (bicyclic) bond motifs is 2. The SMILES string of the molecule is c1cc2cc(-c3nc(-c4ccc5occc5c4)no3)ccc2[nH]1. The fourth-order valence-corrected chi connectivity index (χ4v) is 2.75. The van der Waals surface area contributed by atoms with Gasteiger partial charge < -0.3 is 13.9 Å². The molecular weight excluding hydrogens is 290 g/mol. The lowest BCUT2D eigenvalue weighted by Gasteiger charge is -1.95. The van der Waals surface area contributed by atoms with Gasteiger partial charge >= 0.3 is 0 Å². The first kappa shape index (κ1) is 12.2. The third-order valence-electron chi connectivity index (χ3n) is 3.94. The van der Waals surface area contributed by atoms with E-state index in [1.807, 2.05) is 54.7 Å². The topological polar surface area (TPSA) is 67.8 Å². The van der Waals surface area contributed by atoms with Crippen molar-refractivity contribution in [2.75, 3.05) is 0 Å². The van der Waals surface area contributed by atoms with Crippen molar-refractivity contribution in [1.29, 1.82) is 0 Å². The maximum absolute atomic E-state index is 5.43. The third kappa shape index (κ3) is 1.94. The van der Waals surface area contributed by atoms with Crippen molar-refractivity contribution in [3.8, 4) is 22.8 Å². The normalized spacial score (nSPS) is 11.5. The summed E-state index contributed by atoms with van der Waals surface area (Å²) in [6.45, 7) is 0. The maximum atomic E-state index is 5.43. The number of hydrogen-bond donors (Lipinski definition) is 1. The van der Waals surface area contributed by atoms with E-state index >= 15 is 0 Å². The molecule has 3 aromatic heterocycles. The van der Waals surface area contributed by atoms with Crippen LogP contribution in [0.15, 0.2) is 69.9 Å². The van der Waals surface area contributed by atoms with Gasteiger partial charge in [0.2, 0.25) is 5.82 Å². The Balaban J connectivity index is 1.58. The minimum Gasteiger partial charge on any atom is -0.464 e. The van der Waals surface area contributed by atoms with Crippen LogP contribution in [0, 0.1) is 0 Å². The number of nitrogens with one attached hydrogen (secondary N) is 1. The molecule has 0 bridgehead atoms. The molecule has 0 saturated heterocycles. The van der Waals surface area contributed by atoms with Crippen LogP contribution >= 0.6 is 0 Å². The number of aromatic amines is 1. The quantitative estimate of drug-likeness (QED) is 0.516. The van der Waals surface area contributed by atoms with Gasteiger partial charge in [-0.2, -0.15) is 4.98 Å². The highest BCUT2D eigenvalue weighted by molar-refractivity contribution is 5.84. The van der Waals surface area contributed by atoms with Crippen molar-refractivity contribution in [2.24, 2.45) is 0 Å². The van der Waals surface area contributed by atoms with Crippen molar-refractivity contribution >= 4 is 21.9 Å². The van der Waals surface area contributed by atoms with Gasteiger partial charge in [-0.25, -0.2) is 0 Å². The third-order valence-corrected chi connectivity index (χ3v) is 3.94. The average Bonchev–Trinajstić information content (AvgIpc) is 3.32. The fourth-order valence-electron chi connectivity index (χ4n) is 2.75. The molecule has 0 fully saturated rings. The van der Waals surface area contributed by atoms with Gasteiger partial charge in [0.15, 0.2) is 0 Å². The number of aromatic nitrogens is 3. The van der Waals surface area contributed by atoms with Crippen LogP contribution in [-0.2, 0) is 0 Å². The lowest BCUT2D eigenvalue weighted by atomic mass is 10.1. The molecule has 0 saturated carbocycles. The zero-order chi connectivity index (χ0) is 15.2. The number of furan rings is 1. The highest BCUT2D eigenvalue weighted by atomic mass is 16.5. The van der Waals surface area contributed by atoms with Crippen LogP contribution in [0.4, 0.5) is 0 Å². The summed E-state index contributed by atoms with van der Waals surface area (Å²) in [5.74, 6) is 1.08. The first-order valence-corrected chi connectivity index (χ1v) is 7.26. The van der Waals surface area contributed by atoms with Crippen molar-refractivity contribution in [3.05, 3.63) is 61.0 Å². The molecule has 1 N–H and O–H groups in total. The van der Waals surface area contributed by atoms with E-state index in [2.05, 4.69) is 15.1 Å². The summed E-state index contributed by atoms with van der Waals surface area (Å²) < 4.78 is 10.8. The first-order chi connectivity index (χ1) is 11.4. The molecule has 3 heterocycles. The van der Waals surface area contributed by atoms with Crippen molar-refractivity contribution in [1.82, 2.24) is 15.1 Å². The van der Waals surface area contributed by atoms with Crippen LogP contribution in [0.2, 0.25) is 0 Å². The van der Waals surface area contributed by atoms with Crippen molar-refractivity contribution in [3.63, 3.8) is 0 Å². The molecule has 0 spiro atoms. The molecule has 0 aliphatic heterocycles. The standard InChI is InChI=1S/C18H11N3O2/c1-3-15-11(5-7-19-15)9-14(1)18-20-17(21-23-18)13-2-4-16-12(10-13)6-8-22-16/h1-10,19H. The molecule has 0 amide bonds. The Morgan fingerprint density at radius 3 is 2.78 bits per heavy atom. The van der Waals surface area contributed by atoms with Crippen LogP contribution in [0.3, 0.4) is 0 Å². The summed E-state index contributed by atoms with van der Waals surface area (Å²) in [4.78, 5) is 7.68. The Morgan fingerprint density at radius 1 is 0.870 bits per heavy atom. The van der Waals surface area contributed by atoms with Gasteiger partial charge in [-0.15, -0.1) is 0 Å². The maximum Gasteiger partial charge on any atom is 0.258 e. The second-order valence-corrected chi connectivity index (χ2v) is 5.38. The van der Waals surface area contributed by atoms with Crippen LogP contribution in [-0.4, -0.2) is 15.1 Å². The van der Waals surface area contributed by atoms with E-state index in [0.29, 0.717) is 11.7 Å². The Bertz CT molecular complexity index is 1040. The summed E-state index contributed by atoms with van der Waals surface area (Å²) in [7, 11) is 0. The molecule has 0 aliphatic carbocycles. The minimum absolute atomic E-state index is 0.510. The Labute approximate surface area is 130 Å². The van der Waals surface area contributed by atoms with E-state index < -0.39 is 0 Å². The number of hydrogen-bond acceptors (Lipinski definition) is 4. The van der Waals surface area contributed by atoms with Gasteiger partial charge in [-0.3, -0.25) is 0 Å². The van der Waals surface area contributed by atoms with E-state index in [4.69, 9.17) is 8.94 Å². The lowest BCUT2D eigenvalue weighted by Crippen LogP contribution is -1.81. The van der Waals surface area contributed by atoms with Crippen LogP contribution in [0.25, 0.3) is 44.7 Å². The van der Waals surface area contributed by atoms with Crippen molar-refractivity contribution < 1.29 is 8.94 Å². The fraction of sp³-hybridized carbons (Fsp3) is 0. The zero-order valence-corrected chi connectivity index (χ0v) is 12.0. The summed E-state index contributed by atoms with van der Waals surface area (Å²) in [6, 6.07) is 15.8. The molecule has 23 heavy (non-hydrogen) atoms. The number of benzene rings is 2. The van der Waals surface area contributed by atoms with Gasteiger partial charge in [0.25, 0.3) is 5.89 Å².